The van der Waals surface area contributed by atoms with E-state index in [4.69, 9.17) is 0 Å². The fraction of sp³-hybridized carbons (Fsp3) is 0.857. The third kappa shape index (κ3) is 3.51. The second-order valence-electron chi connectivity index (χ2n) is 5.47. The minimum atomic E-state index is 0.347. The third-order valence-electron chi connectivity index (χ3n) is 4.01. The summed E-state index contributed by atoms with van der Waals surface area (Å²) in [7, 11) is 0. The van der Waals surface area contributed by atoms with Crippen LogP contribution in [0.25, 0.3) is 0 Å². The van der Waals surface area contributed by atoms with Crippen LogP contribution in [0.15, 0.2) is 6.33 Å². The minimum absolute atomic E-state index is 0.347. The normalized spacial score (nSPS) is 24.8. The van der Waals surface area contributed by atoms with Crippen LogP contribution in [-0.4, -0.2) is 37.9 Å². The first kappa shape index (κ1) is 14.9. The van der Waals surface area contributed by atoms with E-state index in [9.17, 15) is 0 Å². The minimum Gasteiger partial charge on any atom is -0.312 e. The summed E-state index contributed by atoms with van der Waals surface area (Å²) >= 11 is 2.12. The van der Waals surface area contributed by atoms with E-state index in [2.05, 4.69) is 47.9 Å². The molecule has 2 unspecified atom stereocenters. The molecule has 108 valence electrons. The van der Waals surface area contributed by atoms with Crippen molar-refractivity contribution >= 4 is 11.8 Å². The first-order valence-electron chi connectivity index (χ1n) is 7.43. The van der Waals surface area contributed by atoms with Crippen LogP contribution in [0, 0.1) is 0 Å². The quantitative estimate of drug-likeness (QED) is 0.834. The molecule has 1 aromatic heterocycles. The van der Waals surface area contributed by atoms with Gasteiger partial charge in [0.1, 0.15) is 12.2 Å². The molecule has 0 saturated carbocycles. The molecule has 0 amide bonds. The molecule has 4 nitrogen and oxygen atoms in total. The van der Waals surface area contributed by atoms with Gasteiger partial charge in [0.2, 0.25) is 0 Å². The van der Waals surface area contributed by atoms with E-state index < -0.39 is 0 Å². The Morgan fingerprint density at radius 2 is 2.37 bits per heavy atom. The van der Waals surface area contributed by atoms with E-state index in [1.807, 2.05) is 4.68 Å². The Bertz CT molecular complexity index is 385. The van der Waals surface area contributed by atoms with E-state index in [1.54, 1.807) is 6.33 Å². The highest BCUT2D eigenvalue weighted by molar-refractivity contribution is 8.00. The molecule has 1 aromatic rings. The summed E-state index contributed by atoms with van der Waals surface area (Å²) in [6.45, 7) is 8.74. The SMILES string of the molecule is CCCNC(Cc1ncnn1CC)C1(C)CCCS1. The van der Waals surface area contributed by atoms with Crippen LogP contribution in [0.1, 0.15) is 45.9 Å². The Labute approximate surface area is 120 Å². The van der Waals surface area contributed by atoms with Crippen LogP contribution in [0.2, 0.25) is 0 Å². The van der Waals surface area contributed by atoms with Crippen LogP contribution < -0.4 is 5.32 Å². The molecule has 1 fully saturated rings. The molecule has 0 radical (unpaired) electrons. The molecule has 1 aliphatic rings. The molecule has 2 heterocycles. The molecule has 5 heteroatoms. The third-order valence-corrected chi connectivity index (χ3v) is 5.65. The number of hydrogen-bond donors (Lipinski definition) is 1. The van der Waals surface area contributed by atoms with Crippen LogP contribution in [-0.2, 0) is 13.0 Å². The van der Waals surface area contributed by atoms with Gasteiger partial charge in [0.15, 0.2) is 0 Å². The molecule has 2 atom stereocenters. The maximum absolute atomic E-state index is 4.44. The molecule has 2 rings (SSSR count). The van der Waals surface area contributed by atoms with Gasteiger partial charge in [-0.2, -0.15) is 16.9 Å². The molecule has 0 aromatic carbocycles. The summed E-state index contributed by atoms with van der Waals surface area (Å²) in [4.78, 5) is 4.44. The van der Waals surface area contributed by atoms with Crippen molar-refractivity contribution in [3.63, 3.8) is 0 Å². The van der Waals surface area contributed by atoms with Gasteiger partial charge in [-0.25, -0.2) is 4.98 Å². The summed E-state index contributed by atoms with van der Waals surface area (Å²) in [5.74, 6) is 2.41. The van der Waals surface area contributed by atoms with Crippen molar-refractivity contribution in [1.82, 2.24) is 20.1 Å². The fourth-order valence-electron chi connectivity index (χ4n) is 2.79. The highest BCUT2D eigenvalue weighted by atomic mass is 32.2. The summed E-state index contributed by atoms with van der Waals surface area (Å²) < 4.78 is 2.36. The zero-order chi connectivity index (χ0) is 13.7. The Balaban J connectivity index is 2.09. The van der Waals surface area contributed by atoms with E-state index in [-0.39, 0.29) is 0 Å². The lowest BCUT2D eigenvalue weighted by atomic mass is 9.93. The molecule has 19 heavy (non-hydrogen) atoms. The molecular weight excluding hydrogens is 256 g/mol. The predicted molar refractivity (Wildman–Crippen MR) is 81.6 cm³/mol. The summed E-state index contributed by atoms with van der Waals surface area (Å²) in [6.07, 6.45) is 6.49. The van der Waals surface area contributed by atoms with Crippen molar-refractivity contribution in [1.29, 1.82) is 0 Å². The molecule has 0 spiro atoms. The standard InChI is InChI=1S/C14H26N4S/c1-4-8-15-12(14(3)7-6-9-19-14)10-13-16-11-17-18(13)5-2/h11-12,15H,4-10H2,1-3H3. The molecule has 1 N–H and O–H groups in total. The van der Waals surface area contributed by atoms with Crippen molar-refractivity contribution in [3.05, 3.63) is 12.2 Å². The second-order valence-corrected chi connectivity index (χ2v) is 7.10. The summed E-state index contributed by atoms with van der Waals surface area (Å²) in [5, 5.41) is 8.03. The Morgan fingerprint density at radius 1 is 1.53 bits per heavy atom. The van der Waals surface area contributed by atoms with E-state index in [0.717, 1.165) is 25.3 Å². The van der Waals surface area contributed by atoms with Gasteiger partial charge >= 0.3 is 0 Å². The second kappa shape index (κ2) is 6.75. The van der Waals surface area contributed by atoms with Crippen molar-refractivity contribution < 1.29 is 0 Å². The lowest BCUT2D eigenvalue weighted by Gasteiger charge is -2.34. The number of aryl methyl sites for hydroxylation is 1. The zero-order valence-electron chi connectivity index (χ0n) is 12.4. The van der Waals surface area contributed by atoms with Crippen molar-refractivity contribution in [2.24, 2.45) is 0 Å². The maximum Gasteiger partial charge on any atom is 0.138 e. The van der Waals surface area contributed by atoms with Gasteiger partial charge in [-0.15, -0.1) is 0 Å². The van der Waals surface area contributed by atoms with Gasteiger partial charge in [-0.05, 0) is 45.4 Å². The monoisotopic (exact) mass is 282 g/mol. The first-order valence-corrected chi connectivity index (χ1v) is 8.42. The number of rotatable bonds is 7. The topological polar surface area (TPSA) is 42.7 Å². The summed E-state index contributed by atoms with van der Waals surface area (Å²) in [5.41, 5.74) is 0. The van der Waals surface area contributed by atoms with Gasteiger partial charge in [0.05, 0.1) is 0 Å². The number of thioether (sulfide) groups is 1. The Hall–Kier alpha value is -0.550. The Morgan fingerprint density at radius 3 is 3.00 bits per heavy atom. The van der Waals surface area contributed by atoms with E-state index in [0.29, 0.717) is 10.8 Å². The van der Waals surface area contributed by atoms with Crippen molar-refractivity contribution in [2.45, 2.75) is 63.8 Å². The summed E-state index contributed by atoms with van der Waals surface area (Å²) in [6, 6.07) is 0.495. The van der Waals surface area contributed by atoms with Gasteiger partial charge in [-0.1, -0.05) is 6.92 Å². The molecule has 0 bridgehead atoms. The Kier molecular flexibility index (Phi) is 5.28. The van der Waals surface area contributed by atoms with Crippen LogP contribution in [0.5, 0.6) is 0 Å². The zero-order valence-corrected chi connectivity index (χ0v) is 13.2. The van der Waals surface area contributed by atoms with Crippen molar-refractivity contribution in [3.8, 4) is 0 Å². The predicted octanol–water partition coefficient (Wildman–Crippen LogP) is 2.49. The highest BCUT2D eigenvalue weighted by Gasteiger charge is 2.38. The van der Waals surface area contributed by atoms with E-state index >= 15 is 0 Å². The van der Waals surface area contributed by atoms with Crippen molar-refractivity contribution in [2.75, 3.05) is 12.3 Å². The average molecular weight is 282 g/mol. The van der Waals surface area contributed by atoms with Gasteiger partial charge in [-0.3, -0.25) is 4.68 Å². The van der Waals surface area contributed by atoms with E-state index in [1.165, 1.54) is 25.0 Å². The molecule has 0 aliphatic carbocycles. The number of aromatic nitrogens is 3. The molecule has 1 saturated heterocycles. The molecule has 1 aliphatic heterocycles. The lowest BCUT2D eigenvalue weighted by molar-refractivity contribution is 0.386. The van der Waals surface area contributed by atoms with Gasteiger partial charge in [0.25, 0.3) is 0 Å². The average Bonchev–Trinajstić information content (AvgIpc) is 3.03. The van der Waals surface area contributed by atoms with Crippen LogP contribution in [0.3, 0.4) is 0 Å². The first-order chi connectivity index (χ1) is 9.19. The van der Waals surface area contributed by atoms with Crippen LogP contribution in [0.4, 0.5) is 0 Å². The highest BCUT2D eigenvalue weighted by Crippen LogP contribution is 2.41. The number of nitrogens with one attached hydrogen (secondary N) is 1. The fourth-order valence-corrected chi connectivity index (χ4v) is 4.20. The number of nitrogens with zero attached hydrogens (tertiary/aromatic N) is 3. The smallest absolute Gasteiger partial charge is 0.138 e. The van der Waals surface area contributed by atoms with Gasteiger partial charge < -0.3 is 5.32 Å². The number of hydrogen-bond acceptors (Lipinski definition) is 4. The largest absolute Gasteiger partial charge is 0.312 e. The maximum atomic E-state index is 4.44. The van der Waals surface area contributed by atoms with Crippen LogP contribution >= 0.6 is 11.8 Å². The molecular formula is C14H26N4S. The lowest BCUT2D eigenvalue weighted by Crippen LogP contribution is -2.47. The van der Waals surface area contributed by atoms with Gasteiger partial charge in [0, 0.05) is 23.8 Å².